The molecule has 0 aliphatic carbocycles. The first-order chi connectivity index (χ1) is 10.4. The lowest BCUT2D eigenvalue weighted by Crippen LogP contribution is -2.47. The molecule has 1 aromatic rings. The van der Waals surface area contributed by atoms with Gasteiger partial charge in [0.05, 0.1) is 6.54 Å². The van der Waals surface area contributed by atoms with E-state index in [1.165, 1.54) is 0 Å². The fourth-order valence-corrected chi connectivity index (χ4v) is 3.12. The van der Waals surface area contributed by atoms with Crippen molar-refractivity contribution in [3.63, 3.8) is 0 Å². The van der Waals surface area contributed by atoms with Crippen molar-refractivity contribution in [2.75, 3.05) is 59.2 Å². The smallest absolute Gasteiger partial charge is 0.238 e. The molecule has 2 rings (SSSR count). The normalized spacial score (nSPS) is 17.0. The summed E-state index contributed by atoms with van der Waals surface area (Å²) in [6.07, 6.45) is 0. The number of piperazine rings is 1. The Morgan fingerprint density at radius 2 is 1.95 bits per heavy atom. The van der Waals surface area contributed by atoms with Crippen molar-refractivity contribution in [3.05, 3.63) is 23.8 Å². The molecule has 1 amide bonds. The number of anilines is 1. The molecule has 1 aromatic carbocycles. The van der Waals surface area contributed by atoms with Gasteiger partial charge in [-0.1, -0.05) is 6.07 Å². The predicted octanol–water partition coefficient (Wildman–Crippen LogP) is 1.75. The Morgan fingerprint density at radius 3 is 2.59 bits per heavy atom. The minimum absolute atomic E-state index is 0.0691. The molecule has 5 nitrogen and oxygen atoms in total. The highest BCUT2D eigenvalue weighted by Gasteiger charge is 2.17. The van der Waals surface area contributed by atoms with Gasteiger partial charge in [-0.25, -0.2) is 0 Å². The van der Waals surface area contributed by atoms with E-state index < -0.39 is 0 Å². The number of carbonyl (C=O) groups excluding carboxylic acids is 1. The Kier molecular flexibility index (Phi) is 6.26. The molecule has 0 aromatic heterocycles. The molecule has 0 bridgehead atoms. The van der Waals surface area contributed by atoms with Gasteiger partial charge >= 0.3 is 0 Å². The summed E-state index contributed by atoms with van der Waals surface area (Å²) >= 11 is 1.65. The van der Waals surface area contributed by atoms with Crippen LogP contribution in [-0.2, 0) is 4.79 Å². The first-order valence-corrected chi connectivity index (χ1v) is 8.38. The van der Waals surface area contributed by atoms with Crippen molar-refractivity contribution in [2.45, 2.75) is 11.8 Å². The number of likely N-dealkylation sites (N-methyl/N-ethyl adjacent to an activating group) is 1. The Hall–Kier alpha value is -1.08. The zero-order valence-corrected chi connectivity index (χ0v) is 14.7. The molecular formula is C16H26N4OS. The van der Waals surface area contributed by atoms with E-state index in [0.717, 1.165) is 42.3 Å². The third kappa shape index (κ3) is 5.28. The van der Waals surface area contributed by atoms with Crippen LogP contribution in [0.2, 0.25) is 0 Å². The summed E-state index contributed by atoms with van der Waals surface area (Å²) in [6, 6.07) is 6.18. The third-order valence-corrected chi connectivity index (χ3v) is 4.56. The van der Waals surface area contributed by atoms with Gasteiger partial charge in [-0.05, 0) is 57.7 Å². The largest absolute Gasteiger partial charge is 0.325 e. The molecule has 1 aliphatic heterocycles. The number of aryl methyl sites for hydroxylation is 1. The third-order valence-electron chi connectivity index (χ3n) is 3.73. The Labute approximate surface area is 137 Å². The summed E-state index contributed by atoms with van der Waals surface area (Å²) in [5.41, 5.74) is 2.00. The number of hydrogen-bond acceptors (Lipinski definition) is 5. The van der Waals surface area contributed by atoms with Gasteiger partial charge in [-0.15, -0.1) is 0 Å². The molecule has 0 unspecified atom stereocenters. The quantitative estimate of drug-likeness (QED) is 0.836. The van der Waals surface area contributed by atoms with Crippen LogP contribution in [-0.4, -0.2) is 73.9 Å². The van der Waals surface area contributed by atoms with Gasteiger partial charge in [0.2, 0.25) is 5.91 Å². The second kappa shape index (κ2) is 7.97. The Bertz CT molecular complexity index is 513. The zero-order valence-electron chi connectivity index (χ0n) is 13.9. The number of rotatable bonds is 5. The van der Waals surface area contributed by atoms with Crippen molar-refractivity contribution in [3.8, 4) is 0 Å². The first-order valence-electron chi connectivity index (χ1n) is 7.61. The van der Waals surface area contributed by atoms with Crippen LogP contribution in [0.3, 0.4) is 0 Å². The molecule has 1 N–H and O–H groups in total. The summed E-state index contributed by atoms with van der Waals surface area (Å²) in [5.74, 6) is 0.0691. The molecule has 1 saturated heterocycles. The van der Waals surface area contributed by atoms with Crippen LogP contribution in [0.25, 0.3) is 0 Å². The predicted molar refractivity (Wildman–Crippen MR) is 93.3 cm³/mol. The molecule has 22 heavy (non-hydrogen) atoms. The molecule has 0 saturated carbocycles. The van der Waals surface area contributed by atoms with Gasteiger partial charge in [0.25, 0.3) is 0 Å². The molecule has 1 aliphatic rings. The van der Waals surface area contributed by atoms with E-state index in [1.54, 1.807) is 11.9 Å². The van der Waals surface area contributed by atoms with Crippen LogP contribution in [0.4, 0.5) is 5.69 Å². The minimum atomic E-state index is 0.0691. The van der Waals surface area contributed by atoms with E-state index in [1.807, 2.05) is 31.4 Å². The topological polar surface area (TPSA) is 38.8 Å². The molecule has 6 heteroatoms. The van der Waals surface area contributed by atoms with E-state index in [4.69, 9.17) is 0 Å². The van der Waals surface area contributed by atoms with Gasteiger partial charge in [0.1, 0.15) is 0 Å². The lowest BCUT2D eigenvalue weighted by molar-refractivity contribution is -0.117. The van der Waals surface area contributed by atoms with Crippen LogP contribution in [0.1, 0.15) is 5.56 Å². The summed E-state index contributed by atoms with van der Waals surface area (Å²) in [5, 5.41) is 3.06. The fourth-order valence-electron chi connectivity index (χ4n) is 2.40. The fraction of sp³-hybridized carbons (Fsp3) is 0.562. The highest BCUT2D eigenvalue weighted by Crippen LogP contribution is 2.25. The highest BCUT2D eigenvalue weighted by atomic mass is 32.2. The second-order valence-corrected chi connectivity index (χ2v) is 7.39. The van der Waals surface area contributed by atoms with E-state index in [2.05, 4.69) is 34.3 Å². The monoisotopic (exact) mass is 322 g/mol. The van der Waals surface area contributed by atoms with E-state index in [0.29, 0.717) is 6.54 Å². The van der Waals surface area contributed by atoms with Crippen LogP contribution in [0, 0.1) is 6.92 Å². The van der Waals surface area contributed by atoms with E-state index in [9.17, 15) is 4.79 Å². The number of carbonyl (C=O) groups is 1. The minimum Gasteiger partial charge on any atom is -0.325 e. The van der Waals surface area contributed by atoms with Gasteiger partial charge in [0.15, 0.2) is 0 Å². The van der Waals surface area contributed by atoms with Crippen molar-refractivity contribution in [2.24, 2.45) is 0 Å². The first kappa shape index (κ1) is 17.3. The lowest BCUT2D eigenvalue weighted by atomic mass is 10.2. The van der Waals surface area contributed by atoms with E-state index in [-0.39, 0.29) is 5.91 Å². The van der Waals surface area contributed by atoms with Gasteiger partial charge < -0.3 is 10.2 Å². The Morgan fingerprint density at radius 1 is 1.27 bits per heavy atom. The maximum atomic E-state index is 12.3. The zero-order chi connectivity index (χ0) is 16.1. The van der Waals surface area contributed by atoms with Crippen molar-refractivity contribution >= 4 is 23.5 Å². The summed E-state index contributed by atoms with van der Waals surface area (Å²) in [7, 11) is 6.14. The maximum absolute atomic E-state index is 12.3. The average molecular weight is 322 g/mol. The summed E-state index contributed by atoms with van der Waals surface area (Å²) < 4.78 is 2.04. The number of hydrogen-bond donors (Lipinski definition) is 1. The number of benzene rings is 1. The van der Waals surface area contributed by atoms with Crippen molar-refractivity contribution in [1.29, 1.82) is 0 Å². The summed E-state index contributed by atoms with van der Waals surface area (Å²) in [6.45, 7) is 6.47. The van der Waals surface area contributed by atoms with Gasteiger partial charge in [0, 0.05) is 36.8 Å². The van der Waals surface area contributed by atoms with Crippen LogP contribution in [0.15, 0.2) is 23.1 Å². The molecule has 0 radical (unpaired) electrons. The van der Waals surface area contributed by atoms with Crippen LogP contribution < -0.4 is 5.32 Å². The molecule has 1 fully saturated rings. The van der Waals surface area contributed by atoms with Gasteiger partial charge in [-0.3, -0.25) is 14.0 Å². The maximum Gasteiger partial charge on any atom is 0.238 e. The van der Waals surface area contributed by atoms with Crippen LogP contribution >= 0.6 is 11.9 Å². The average Bonchev–Trinajstić information content (AvgIpc) is 2.44. The molecule has 122 valence electrons. The Balaban J connectivity index is 1.93. The van der Waals surface area contributed by atoms with Crippen molar-refractivity contribution in [1.82, 2.24) is 14.1 Å². The highest BCUT2D eigenvalue weighted by molar-refractivity contribution is 7.97. The van der Waals surface area contributed by atoms with Crippen molar-refractivity contribution < 1.29 is 4.79 Å². The molecule has 0 atom stereocenters. The number of amides is 1. The van der Waals surface area contributed by atoms with Crippen LogP contribution in [0.5, 0.6) is 0 Å². The van der Waals surface area contributed by atoms with Gasteiger partial charge in [-0.2, -0.15) is 0 Å². The molecular weight excluding hydrogens is 296 g/mol. The summed E-state index contributed by atoms with van der Waals surface area (Å²) in [4.78, 5) is 17.9. The standard InChI is InChI=1S/C16H26N4OS/c1-13-5-6-14(22-18(2)3)11-15(13)17-16(21)12-20-9-7-19(4)8-10-20/h5-6,11H,7-10,12H2,1-4H3,(H,17,21). The SMILES string of the molecule is Cc1ccc(SN(C)C)cc1NC(=O)CN1CCN(C)CC1. The second-order valence-electron chi connectivity index (χ2n) is 6.01. The van der Waals surface area contributed by atoms with E-state index >= 15 is 0 Å². The number of nitrogens with zero attached hydrogens (tertiary/aromatic N) is 3. The molecule has 1 heterocycles. The molecule has 0 spiro atoms. The number of nitrogens with one attached hydrogen (secondary N) is 1. The lowest BCUT2D eigenvalue weighted by Gasteiger charge is -2.31.